The van der Waals surface area contributed by atoms with E-state index in [2.05, 4.69) is 6.07 Å². The van der Waals surface area contributed by atoms with Crippen LogP contribution in [0, 0.1) is 12.7 Å². The van der Waals surface area contributed by atoms with Crippen molar-refractivity contribution in [1.29, 1.82) is 0 Å². The van der Waals surface area contributed by atoms with Gasteiger partial charge in [-0.3, -0.25) is 0 Å². The SMILES string of the molecule is Cc1cccc(CC(O)c2cc3ccc(F)cc3s2)c1. The second-order valence-electron chi connectivity index (χ2n) is 5.04. The van der Waals surface area contributed by atoms with E-state index in [0.29, 0.717) is 6.42 Å². The Morgan fingerprint density at radius 3 is 2.80 bits per heavy atom. The fourth-order valence-corrected chi connectivity index (χ4v) is 3.43. The highest BCUT2D eigenvalue weighted by atomic mass is 32.1. The Bertz CT molecular complexity index is 748. The molecular weight excluding hydrogens is 271 g/mol. The molecule has 0 aliphatic heterocycles. The van der Waals surface area contributed by atoms with Crippen LogP contribution in [0.4, 0.5) is 4.39 Å². The summed E-state index contributed by atoms with van der Waals surface area (Å²) in [5.74, 6) is -0.237. The molecule has 3 rings (SSSR count). The smallest absolute Gasteiger partial charge is 0.124 e. The molecule has 0 saturated heterocycles. The lowest BCUT2D eigenvalue weighted by Crippen LogP contribution is -1.99. The van der Waals surface area contributed by atoms with Crippen LogP contribution in [0.1, 0.15) is 22.1 Å². The third-order valence-corrected chi connectivity index (χ3v) is 4.54. The molecule has 1 unspecified atom stereocenters. The minimum absolute atomic E-state index is 0.237. The number of rotatable bonds is 3. The first kappa shape index (κ1) is 13.3. The standard InChI is InChI=1S/C17H15FOS/c1-11-3-2-4-12(7-11)8-15(19)17-9-13-5-6-14(18)10-16(13)20-17/h2-7,9-10,15,19H,8H2,1H3. The van der Waals surface area contributed by atoms with Crippen molar-refractivity contribution in [3.05, 3.63) is 70.4 Å². The lowest BCUT2D eigenvalue weighted by atomic mass is 10.0. The fourth-order valence-electron chi connectivity index (χ4n) is 2.35. The summed E-state index contributed by atoms with van der Waals surface area (Å²) in [6.45, 7) is 2.04. The molecular formula is C17H15FOS. The molecule has 0 aliphatic carbocycles. The third-order valence-electron chi connectivity index (χ3n) is 3.34. The van der Waals surface area contributed by atoms with Gasteiger partial charge in [0.1, 0.15) is 5.82 Å². The van der Waals surface area contributed by atoms with Gasteiger partial charge in [-0.15, -0.1) is 11.3 Å². The normalized spacial score (nSPS) is 12.8. The topological polar surface area (TPSA) is 20.2 Å². The van der Waals surface area contributed by atoms with E-state index in [-0.39, 0.29) is 5.82 Å². The summed E-state index contributed by atoms with van der Waals surface area (Å²) in [6, 6.07) is 14.8. The van der Waals surface area contributed by atoms with Crippen LogP contribution in [-0.4, -0.2) is 5.11 Å². The van der Waals surface area contributed by atoms with Gasteiger partial charge >= 0.3 is 0 Å². The summed E-state index contributed by atoms with van der Waals surface area (Å²) in [5.41, 5.74) is 2.30. The highest BCUT2D eigenvalue weighted by molar-refractivity contribution is 7.19. The maximum atomic E-state index is 13.2. The first-order valence-corrected chi connectivity index (χ1v) is 7.36. The molecule has 0 amide bonds. The average Bonchev–Trinajstić information content (AvgIpc) is 2.81. The monoisotopic (exact) mass is 286 g/mol. The summed E-state index contributed by atoms with van der Waals surface area (Å²) >= 11 is 1.45. The highest BCUT2D eigenvalue weighted by Gasteiger charge is 2.12. The van der Waals surface area contributed by atoms with Crippen LogP contribution in [0.3, 0.4) is 0 Å². The Labute approximate surface area is 121 Å². The quantitative estimate of drug-likeness (QED) is 0.744. The van der Waals surface area contributed by atoms with Gasteiger partial charge in [0, 0.05) is 16.0 Å². The molecule has 3 aromatic rings. The van der Waals surface area contributed by atoms with Crippen molar-refractivity contribution in [3.63, 3.8) is 0 Å². The van der Waals surface area contributed by atoms with Crippen molar-refractivity contribution in [2.24, 2.45) is 0 Å². The van der Waals surface area contributed by atoms with Gasteiger partial charge in [-0.2, -0.15) is 0 Å². The molecule has 1 aromatic heterocycles. The van der Waals surface area contributed by atoms with Crippen LogP contribution >= 0.6 is 11.3 Å². The van der Waals surface area contributed by atoms with E-state index in [1.807, 2.05) is 31.2 Å². The molecule has 1 heterocycles. The summed E-state index contributed by atoms with van der Waals surface area (Å²) in [6.07, 6.45) is 0.0361. The average molecular weight is 286 g/mol. The summed E-state index contributed by atoms with van der Waals surface area (Å²) < 4.78 is 14.1. The maximum Gasteiger partial charge on any atom is 0.124 e. The van der Waals surface area contributed by atoms with Gasteiger partial charge in [-0.1, -0.05) is 35.9 Å². The number of hydrogen-bond acceptors (Lipinski definition) is 2. The number of thiophene rings is 1. The van der Waals surface area contributed by atoms with Crippen LogP contribution in [0.15, 0.2) is 48.5 Å². The number of aliphatic hydroxyl groups excluding tert-OH is 1. The van der Waals surface area contributed by atoms with E-state index in [9.17, 15) is 9.50 Å². The Morgan fingerprint density at radius 1 is 1.15 bits per heavy atom. The maximum absolute atomic E-state index is 13.2. The third kappa shape index (κ3) is 2.74. The van der Waals surface area contributed by atoms with Crippen molar-refractivity contribution in [2.75, 3.05) is 0 Å². The van der Waals surface area contributed by atoms with E-state index in [4.69, 9.17) is 0 Å². The predicted molar refractivity (Wildman–Crippen MR) is 81.6 cm³/mol. The molecule has 2 aromatic carbocycles. The highest BCUT2D eigenvalue weighted by Crippen LogP contribution is 2.32. The molecule has 20 heavy (non-hydrogen) atoms. The second-order valence-corrected chi connectivity index (χ2v) is 6.16. The first-order valence-electron chi connectivity index (χ1n) is 6.54. The number of benzene rings is 2. The van der Waals surface area contributed by atoms with Crippen molar-refractivity contribution in [1.82, 2.24) is 0 Å². The van der Waals surface area contributed by atoms with Crippen LogP contribution in [0.25, 0.3) is 10.1 Å². The second kappa shape index (κ2) is 5.35. The largest absolute Gasteiger partial charge is 0.387 e. The minimum atomic E-state index is -0.544. The Morgan fingerprint density at radius 2 is 2.00 bits per heavy atom. The first-order chi connectivity index (χ1) is 9.61. The van der Waals surface area contributed by atoms with Gasteiger partial charge in [0.25, 0.3) is 0 Å². The van der Waals surface area contributed by atoms with Gasteiger partial charge in [0.05, 0.1) is 6.10 Å². The molecule has 0 bridgehead atoms. The molecule has 0 aliphatic rings. The van der Waals surface area contributed by atoms with Crippen LogP contribution < -0.4 is 0 Å². The van der Waals surface area contributed by atoms with Gasteiger partial charge in [0.2, 0.25) is 0 Å². The Hall–Kier alpha value is -1.71. The zero-order valence-corrected chi connectivity index (χ0v) is 12.0. The molecule has 1 nitrogen and oxygen atoms in total. The van der Waals surface area contributed by atoms with E-state index < -0.39 is 6.10 Å². The summed E-state index contributed by atoms with van der Waals surface area (Å²) in [4.78, 5) is 0.882. The molecule has 1 N–H and O–H groups in total. The number of halogens is 1. The number of fused-ring (bicyclic) bond motifs is 1. The van der Waals surface area contributed by atoms with Gasteiger partial charge in [-0.25, -0.2) is 4.39 Å². The Kier molecular flexibility index (Phi) is 3.55. The number of hydrogen-bond donors (Lipinski definition) is 1. The lowest BCUT2D eigenvalue weighted by molar-refractivity contribution is 0.182. The van der Waals surface area contributed by atoms with Crippen molar-refractivity contribution in [2.45, 2.75) is 19.4 Å². The molecule has 1 atom stereocenters. The zero-order chi connectivity index (χ0) is 14.1. The number of aryl methyl sites for hydroxylation is 1. The summed E-state index contributed by atoms with van der Waals surface area (Å²) in [5, 5.41) is 11.3. The van der Waals surface area contributed by atoms with E-state index in [1.54, 1.807) is 6.07 Å². The fraction of sp³-hybridized carbons (Fsp3) is 0.176. The zero-order valence-electron chi connectivity index (χ0n) is 11.1. The lowest BCUT2D eigenvalue weighted by Gasteiger charge is -2.08. The summed E-state index contributed by atoms with van der Waals surface area (Å²) in [7, 11) is 0. The molecule has 0 spiro atoms. The van der Waals surface area contributed by atoms with E-state index >= 15 is 0 Å². The van der Waals surface area contributed by atoms with Gasteiger partial charge in [0.15, 0.2) is 0 Å². The van der Waals surface area contributed by atoms with Crippen LogP contribution in [0.2, 0.25) is 0 Å². The molecule has 0 fully saturated rings. The van der Waals surface area contributed by atoms with Gasteiger partial charge in [-0.05, 0) is 36.1 Å². The van der Waals surface area contributed by atoms with E-state index in [0.717, 1.165) is 20.5 Å². The van der Waals surface area contributed by atoms with Crippen molar-refractivity contribution < 1.29 is 9.50 Å². The molecule has 0 saturated carbocycles. The minimum Gasteiger partial charge on any atom is -0.387 e. The molecule has 0 radical (unpaired) electrons. The van der Waals surface area contributed by atoms with E-state index in [1.165, 1.54) is 29.0 Å². The predicted octanol–water partition coefficient (Wildman–Crippen LogP) is 4.62. The molecule has 102 valence electrons. The number of aliphatic hydroxyl groups is 1. The Balaban J connectivity index is 1.86. The van der Waals surface area contributed by atoms with Crippen LogP contribution in [0.5, 0.6) is 0 Å². The molecule has 3 heteroatoms. The van der Waals surface area contributed by atoms with Gasteiger partial charge < -0.3 is 5.11 Å². The van der Waals surface area contributed by atoms with Crippen molar-refractivity contribution in [3.8, 4) is 0 Å². The van der Waals surface area contributed by atoms with Crippen molar-refractivity contribution >= 4 is 21.4 Å². The van der Waals surface area contributed by atoms with Crippen LogP contribution in [-0.2, 0) is 6.42 Å².